The Balaban J connectivity index is 1.52. The zero-order valence-electron chi connectivity index (χ0n) is 17.2. The Labute approximate surface area is 169 Å². The molecule has 0 atom stereocenters. The number of allylic oxidation sites excluding steroid dienone is 4. The van der Waals surface area contributed by atoms with E-state index in [1.54, 1.807) is 12.2 Å². The first-order valence-corrected chi connectivity index (χ1v) is 10.3. The highest BCUT2D eigenvalue weighted by atomic mass is 16.7. The van der Waals surface area contributed by atoms with Crippen LogP contribution in [0.4, 0.5) is 0 Å². The van der Waals surface area contributed by atoms with E-state index in [2.05, 4.69) is 31.3 Å². The second kappa shape index (κ2) is 12.8. The number of ether oxygens (including phenoxy) is 2. The van der Waals surface area contributed by atoms with Gasteiger partial charge in [0.15, 0.2) is 11.5 Å². The average Bonchev–Trinajstić information content (AvgIpc) is 3.14. The summed E-state index contributed by atoms with van der Waals surface area (Å²) in [5.41, 5.74) is 1.01. The summed E-state index contributed by atoms with van der Waals surface area (Å²) in [6.45, 7) is 5.53. The van der Waals surface area contributed by atoms with Crippen LogP contribution in [0.15, 0.2) is 48.6 Å². The monoisotopic (exact) mass is 383 g/mol. The fourth-order valence-corrected chi connectivity index (χ4v) is 2.86. The standard InChI is InChI=1S/C24H33NO3/c1-20(2)12-8-6-4-3-5-7-11-17-25-24(26)14-10-9-13-21-15-16-22-23(18-21)28-19-27-22/h3-4,9-10,13-16,18,20H,5-8,11-12,17,19H2,1-2H3,(H,25,26). The molecule has 1 aromatic rings. The van der Waals surface area contributed by atoms with Crippen molar-refractivity contribution in [2.75, 3.05) is 13.3 Å². The molecular formula is C24H33NO3. The van der Waals surface area contributed by atoms with Crippen molar-refractivity contribution in [2.24, 2.45) is 5.92 Å². The molecule has 152 valence electrons. The molecule has 0 fully saturated rings. The summed E-state index contributed by atoms with van der Waals surface area (Å²) < 4.78 is 10.6. The van der Waals surface area contributed by atoms with Crippen LogP contribution in [-0.2, 0) is 4.79 Å². The molecule has 4 nitrogen and oxygen atoms in total. The second-order valence-corrected chi connectivity index (χ2v) is 7.41. The lowest BCUT2D eigenvalue weighted by molar-refractivity contribution is -0.116. The SMILES string of the molecule is CC(C)CCCC=CCCCCNC(=O)C=CC=Cc1ccc2c(c1)OCO2. The number of nitrogens with one attached hydrogen (secondary N) is 1. The highest BCUT2D eigenvalue weighted by molar-refractivity contribution is 5.87. The number of unbranched alkanes of at least 4 members (excludes halogenated alkanes) is 3. The van der Waals surface area contributed by atoms with Crippen LogP contribution in [0.3, 0.4) is 0 Å². The van der Waals surface area contributed by atoms with Crippen LogP contribution in [-0.4, -0.2) is 19.2 Å². The van der Waals surface area contributed by atoms with Gasteiger partial charge in [0.25, 0.3) is 0 Å². The summed E-state index contributed by atoms with van der Waals surface area (Å²) in [6, 6.07) is 5.77. The maximum absolute atomic E-state index is 11.8. The van der Waals surface area contributed by atoms with Gasteiger partial charge in [-0.3, -0.25) is 4.79 Å². The van der Waals surface area contributed by atoms with Crippen molar-refractivity contribution in [3.8, 4) is 11.5 Å². The second-order valence-electron chi connectivity index (χ2n) is 7.41. The smallest absolute Gasteiger partial charge is 0.243 e. The number of rotatable bonds is 12. The first-order valence-electron chi connectivity index (χ1n) is 10.3. The summed E-state index contributed by atoms with van der Waals surface area (Å²) >= 11 is 0. The zero-order valence-corrected chi connectivity index (χ0v) is 17.2. The van der Waals surface area contributed by atoms with Crippen molar-refractivity contribution >= 4 is 12.0 Å². The molecule has 0 aromatic heterocycles. The Hall–Kier alpha value is -2.49. The van der Waals surface area contributed by atoms with Crippen molar-refractivity contribution in [3.05, 3.63) is 54.1 Å². The average molecular weight is 384 g/mol. The third-order valence-corrected chi connectivity index (χ3v) is 4.46. The lowest BCUT2D eigenvalue weighted by Gasteiger charge is -2.01. The molecule has 1 heterocycles. The lowest BCUT2D eigenvalue weighted by Crippen LogP contribution is -2.21. The Bertz CT molecular complexity index is 689. The maximum Gasteiger partial charge on any atom is 0.243 e. The van der Waals surface area contributed by atoms with Crippen LogP contribution in [0, 0.1) is 5.92 Å². The van der Waals surface area contributed by atoms with Crippen LogP contribution in [0.25, 0.3) is 6.08 Å². The molecule has 0 aliphatic carbocycles. The van der Waals surface area contributed by atoms with E-state index < -0.39 is 0 Å². The van der Waals surface area contributed by atoms with Crippen LogP contribution in [0.5, 0.6) is 11.5 Å². The van der Waals surface area contributed by atoms with Gasteiger partial charge in [-0.2, -0.15) is 0 Å². The minimum Gasteiger partial charge on any atom is -0.454 e. The number of fused-ring (bicyclic) bond motifs is 1. The predicted molar refractivity (Wildman–Crippen MR) is 115 cm³/mol. The number of hydrogen-bond acceptors (Lipinski definition) is 3. The van der Waals surface area contributed by atoms with Gasteiger partial charge in [-0.15, -0.1) is 0 Å². The lowest BCUT2D eigenvalue weighted by atomic mass is 10.1. The maximum atomic E-state index is 11.8. The molecule has 1 aliphatic heterocycles. The van der Waals surface area contributed by atoms with E-state index in [0.717, 1.165) is 48.8 Å². The van der Waals surface area contributed by atoms with Crippen molar-refractivity contribution in [1.29, 1.82) is 0 Å². The van der Waals surface area contributed by atoms with E-state index in [1.165, 1.54) is 19.3 Å². The van der Waals surface area contributed by atoms with Crippen LogP contribution in [0.2, 0.25) is 0 Å². The minimum absolute atomic E-state index is 0.0560. The molecule has 1 amide bonds. The van der Waals surface area contributed by atoms with Gasteiger partial charge >= 0.3 is 0 Å². The van der Waals surface area contributed by atoms with Gasteiger partial charge in [0.2, 0.25) is 12.7 Å². The minimum atomic E-state index is -0.0560. The molecule has 0 saturated carbocycles. The molecule has 0 saturated heterocycles. The largest absolute Gasteiger partial charge is 0.454 e. The number of benzene rings is 1. The fourth-order valence-electron chi connectivity index (χ4n) is 2.86. The molecule has 28 heavy (non-hydrogen) atoms. The van der Waals surface area contributed by atoms with Crippen molar-refractivity contribution < 1.29 is 14.3 Å². The molecule has 0 bridgehead atoms. The van der Waals surface area contributed by atoms with Crippen LogP contribution in [0.1, 0.15) is 57.9 Å². The highest BCUT2D eigenvalue weighted by Gasteiger charge is 2.11. The van der Waals surface area contributed by atoms with Gasteiger partial charge in [-0.05, 0) is 55.7 Å². The van der Waals surface area contributed by atoms with Crippen molar-refractivity contribution in [2.45, 2.75) is 52.4 Å². The van der Waals surface area contributed by atoms with Gasteiger partial charge < -0.3 is 14.8 Å². The third kappa shape index (κ3) is 8.94. The van der Waals surface area contributed by atoms with Crippen LogP contribution >= 0.6 is 0 Å². The molecule has 0 spiro atoms. The van der Waals surface area contributed by atoms with Gasteiger partial charge in [-0.25, -0.2) is 0 Å². The van der Waals surface area contributed by atoms with E-state index in [-0.39, 0.29) is 12.7 Å². The zero-order chi connectivity index (χ0) is 20.0. The van der Waals surface area contributed by atoms with E-state index in [4.69, 9.17) is 9.47 Å². The molecule has 1 aromatic carbocycles. The van der Waals surface area contributed by atoms with Gasteiger partial charge in [0.1, 0.15) is 0 Å². The Morgan fingerprint density at radius 1 is 1.07 bits per heavy atom. The summed E-state index contributed by atoms with van der Waals surface area (Å²) in [7, 11) is 0. The van der Waals surface area contributed by atoms with E-state index in [0.29, 0.717) is 0 Å². The summed E-state index contributed by atoms with van der Waals surface area (Å²) in [4.78, 5) is 11.8. The number of carbonyl (C=O) groups is 1. The Morgan fingerprint density at radius 2 is 1.86 bits per heavy atom. The molecule has 2 rings (SSSR count). The van der Waals surface area contributed by atoms with Gasteiger partial charge in [0.05, 0.1) is 0 Å². The molecule has 0 unspecified atom stereocenters. The van der Waals surface area contributed by atoms with Crippen molar-refractivity contribution in [3.63, 3.8) is 0 Å². The predicted octanol–water partition coefficient (Wildman–Crippen LogP) is 5.65. The summed E-state index contributed by atoms with van der Waals surface area (Å²) in [5, 5.41) is 2.92. The first kappa shape index (κ1) is 21.8. The van der Waals surface area contributed by atoms with Crippen molar-refractivity contribution in [1.82, 2.24) is 5.32 Å². The fraction of sp³-hybridized carbons (Fsp3) is 0.458. The van der Waals surface area contributed by atoms with E-state index >= 15 is 0 Å². The third-order valence-electron chi connectivity index (χ3n) is 4.46. The normalized spacial score (nSPS) is 13.4. The summed E-state index contributed by atoms with van der Waals surface area (Å²) in [5.74, 6) is 2.27. The number of carbonyl (C=O) groups excluding carboxylic acids is 1. The van der Waals surface area contributed by atoms with E-state index in [1.807, 2.05) is 30.4 Å². The summed E-state index contributed by atoms with van der Waals surface area (Å²) in [6.07, 6.45) is 18.6. The molecule has 0 radical (unpaired) electrons. The Morgan fingerprint density at radius 3 is 2.68 bits per heavy atom. The topological polar surface area (TPSA) is 47.6 Å². The molecule has 1 aliphatic rings. The number of amides is 1. The van der Waals surface area contributed by atoms with E-state index in [9.17, 15) is 4.79 Å². The quantitative estimate of drug-likeness (QED) is 0.219. The molecule has 1 N–H and O–H groups in total. The first-order chi connectivity index (χ1) is 13.6. The molecule has 4 heteroatoms. The van der Waals surface area contributed by atoms with Gasteiger partial charge in [0, 0.05) is 12.6 Å². The number of hydrogen-bond donors (Lipinski definition) is 1. The van der Waals surface area contributed by atoms with Gasteiger partial charge in [-0.1, -0.05) is 56.7 Å². The molecular weight excluding hydrogens is 350 g/mol. The highest BCUT2D eigenvalue weighted by Crippen LogP contribution is 2.32. The van der Waals surface area contributed by atoms with Crippen LogP contribution < -0.4 is 14.8 Å². The Kier molecular flexibility index (Phi) is 9.98.